The largest absolute Gasteiger partial charge is 0.496 e. The Kier molecular flexibility index (Phi) is 4.68. The van der Waals surface area contributed by atoms with Crippen LogP contribution in [0.3, 0.4) is 0 Å². The molecule has 0 bridgehead atoms. The number of nitrogens with zero attached hydrogens (tertiary/aromatic N) is 1. The van der Waals surface area contributed by atoms with E-state index in [0.717, 1.165) is 0 Å². The van der Waals surface area contributed by atoms with Crippen LogP contribution in [0.4, 0.5) is 0 Å². The number of nitrogens with two attached hydrogens (primary N) is 1. The van der Waals surface area contributed by atoms with Gasteiger partial charge in [-0.25, -0.2) is 4.79 Å². The van der Waals surface area contributed by atoms with E-state index in [0.29, 0.717) is 32.5 Å². The highest BCUT2D eigenvalue weighted by molar-refractivity contribution is 9.10. The van der Waals surface area contributed by atoms with Crippen molar-refractivity contribution in [3.63, 3.8) is 0 Å². The van der Waals surface area contributed by atoms with Crippen molar-refractivity contribution in [1.29, 1.82) is 5.26 Å². The molecule has 1 aliphatic rings. The van der Waals surface area contributed by atoms with Gasteiger partial charge < -0.3 is 24.4 Å². The molecule has 0 spiro atoms. The van der Waals surface area contributed by atoms with E-state index in [4.69, 9.17) is 24.4 Å². The molecule has 146 valence electrons. The first-order valence-corrected chi connectivity index (χ1v) is 9.34. The molecule has 1 atom stereocenters. The second kappa shape index (κ2) is 7.18. The maximum atomic E-state index is 12.9. The molecule has 0 fully saturated rings. The number of hydrogen-bond acceptors (Lipinski definition) is 7. The lowest BCUT2D eigenvalue weighted by Gasteiger charge is -2.27. The molecule has 1 aromatic heterocycles. The summed E-state index contributed by atoms with van der Waals surface area (Å²) in [7, 11) is 3.02. The van der Waals surface area contributed by atoms with E-state index in [1.165, 1.54) is 14.2 Å². The number of para-hydroxylation sites is 1. The number of benzene rings is 2. The minimum atomic E-state index is -0.832. The maximum Gasteiger partial charge on any atom is 0.344 e. The fraction of sp³-hybridized carbons (Fsp3) is 0.143. The van der Waals surface area contributed by atoms with Gasteiger partial charge in [0.1, 0.15) is 28.7 Å². The second-order valence-corrected chi connectivity index (χ2v) is 7.14. The minimum absolute atomic E-state index is 0.0743. The molecule has 0 aliphatic carbocycles. The summed E-state index contributed by atoms with van der Waals surface area (Å²) >= 11 is 3.45. The highest BCUT2D eigenvalue weighted by atomic mass is 79.9. The van der Waals surface area contributed by atoms with Gasteiger partial charge >= 0.3 is 5.63 Å². The van der Waals surface area contributed by atoms with Crippen LogP contribution in [-0.2, 0) is 0 Å². The van der Waals surface area contributed by atoms with Crippen LogP contribution in [0.15, 0.2) is 61.5 Å². The number of methoxy groups -OCH3 is 2. The summed E-state index contributed by atoms with van der Waals surface area (Å²) in [6, 6.07) is 12.4. The van der Waals surface area contributed by atoms with Gasteiger partial charge in [-0.1, -0.05) is 12.1 Å². The van der Waals surface area contributed by atoms with Gasteiger partial charge in [0.15, 0.2) is 5.75 Å². The Morgan fingerprint density at radius 2 is 1.90 bits per heavy atom. The van der Waals surface area contributed by atoms with Gasteiger partial charge in [-0.05, 0) is 34.1 Å². The average molecular weight is 455 g/mol. The van der Waals surface area contributed by atoms with Gasteiger partial charge in [0, 0.05) is 11.6 Å². The van der Waals surface area contributed by atoms with Crippen LogP contribution in [0.2, 0.25) is 0 Å². The molecule has 0 saturated carbocycles. The van der Waals surface area contributed by atoms with Crippen LogP contribution in [0.5, 0.6) is 17.2 Å². The molecule has 2 heterocycles. The van der Waals surface area contributed by atoms with E-state index in [2.05, 4.69) is 22.0 Å². The van der Waals surface area contributed by atoms with Crippen LogP contribution >= 0.6 is 15.9 Å². The summed E-state index contributed by atoms with van der Waals surface area (Å²) in [6.07, 6.45) is 0. The van der Waals surface area contributed by atoms with E-state index in [-0.39, 0.29) is 22.8 Å². The molecule has 0 saturated heterocycles. The number of rotatable bonds is 3. The maximum absolute atomic E-state index is 12.9. The van der Waals surface area contributed by atoms with Crippen LogP contribution in [0.25, 0.3) is 11.0 Å². The lowest BCUT2D eigenvalue weighted by Crippen LogP contribution is -2.26. The molecule has 8 heteroatoms. The van der Waals surface area contributed by atoms with Crippen LogP contribution in [-0.4, -0.2) is 14.2 Å². The highest BCUT2D eigenvalue weighted by Gasteiger charge is 2.37. The average Bonchev–Trinajstić information content (AvgIpc) is 2.72. The van der Waals surface area contributed by atoms with E-state index in [1.54, 1.807) is 36.4 Å². The molecular weight excluding hydrogens is 440 g/mol. The van der Waals surface area contributed by atoms with Crippen molar-refractivity contribution in [3.05, 3.63) is 73.9 Å². The number of hydrogen-bond donors (Lipinski definition) is 1. The summed E-state index contributed by atoms with van der Waals surface area (Å²) in [4.78, 5) is 12.9. The summed E-state index contributed by atoms with van der Waals surface area (Å²) in [5.74, 6) is 0.332. The predicted molar refractivity (Wildman–Crippen MR) is 109 cm³/mol. The lowest BCUT2D eigenvalue weighted by molar-refractivity contribution is 0.377. The van der Waals surface area contributed by atoms with Crippen LogP contribution in [0, 0.1) is 11.3 Å². The first-order chi connectivity index (χ1) is 14.0. The molecule has 1 aliphatic heterocycles. The molecule has 0 radical (unpaired) electrons. The molecule has 3 aromatic rings. The van der Waals surface area contributed by atoms with Crippen molar-refractivity contribution in [2.45, 2.75) is 5.92 Å². The van der Waals surface area contributed by atoms with Crippen LogP contribution < -0.4 is 25.6 Å². The van der Waals surface area contributed by atoms with Crippen molar-refractivity contribution in [1.82, 2.24) is 0 Å². The topological polar surface area (TPSA) is 108 Å². The highest BCUT2D eigenvalue weighted by Crippen LogP contribution is 2.47. The number of ether oxygens (including phenoxy) is 3. The Morgan fingerprint density at radius 3 is 2.59 bits per heavy atom. The molecular formula is C21H15BrN2O5. The summed E-state index contributed by atoms with van der Waals surface area (Å²) in [5.41, 5.74) is 6.66. The lowest BCUT2D eigenvalue weighted by atomic mass is 9.83. The van der Waals surface area contributed by atoms with Crippen molar-refractivity contribution in [2.24, 2.45) is 5.73 Å². The first-order valence-electron chi connectivity index (χ1n) is 8.54. The van der Waals surface area contributed by atoms with Crippen molar-refractivity contribution in [2.75, 3.05) is 14.2 Å². The monoisotopic (exact) mass is 454 g/mol. The third kappa shape index (κ3) is 2.91. The Labute approximate surface area is 174 Å². The molecule has 2 N–H and O–H groups in total. The standard InChI is InChI=1S/C21H15BrN2O5/c1-26-15-8-16(27-2)13(22)7-11(15)17-12(9-23)20(24)29-19-10-5-3-4-6-14(10)28-21(25)18(17)19/h3-8,17H,24H2,1-2H3/t17-/m1/s1. The molecule has 29 heavy (non-hydrogen) atoms. The Morgan fingerprint density at radius 1 is 1.17 bits per heavy atom. The quantitative estimate of drug-likeness (QED) is 0.599. The van der Waals surface area contributed by atoms with Gasteiger partial charge in [0.25, 0.3) is 0 Å². The van der Waals surface area contributed by atoms with Gasteiger partial charge in [-0.2, -0.15) is 5.26 Å². The third-order valence-electron chi connectivity index (χ3n) is 4.79. The molecule has 0 unspecified atom stereocenters. The van der Waals surface area contributed by atoms with Gasteiger partial charge in [0.2, 0.25) is 5.88 Å². The normalized spacial score (nSPS) is 15.4. The zero-order valence-electron chi connectivity index (χ0n) is 15.5. The first kappa shape index (κ1) is 18.9. The van der Waals surface area contributed by atoms with Crippen molar-refractivity contribution >= 4 is 26.9 Å². The number of halogens is 1. The zero-order valence-corrected chi connectivity index (χ0v) is 17.1. The molecule has 0 amide bonds. The molecule has 2 aromatic carbocycles. The minimum Gasteiger partial charge on any atom is -0.496 e. The summed E-state index contributed by atoms with van der Waals surface area (Å²) < 4.78 is 22.7. The Hall–Kier alpha value is -3.44. The second-order valence-electron chi connectivity index (χ2n) is 6.28. The van der Waals surface area contributed by atoms with E-state index >= 15 is 0 Å². The van der Waals surface area contributed by atoms with Gasteiger partial charge in [0.05, 0.1) is 35.6 Å². The fourth-order valence-electron chi connectivity index (χ4n) is 3.49. The van der Waals surface area contributed by atoms with Crippen LogP contribution in [0.1, 0.15) is 17.0 Å². The van der Waals surface area contributed by atoms with E-state index in [1.807, 2.05) is 0 Å². The number of allylic oxidation sites excluding steroid dienone is 1. The predicted octanol–water partition coefficient (Wildman–Crippen LogP) is 3.79. The Bertz CT molecular complexity index is 1270. The van der Waals surface area contributed by atoms with E-state index in [9.17, 15) is 10.1 Å². The summed E-state index contributed by atoms with van der Waals surface area (Å²) in [5, 5.41) is 10.4. The zero-order chi connectivity index (χ0) is 20.7. The summed E-state index contributed by atoms with van der Waals surface area (Å²) in [6.45, 7) is 0. The number of nitriles is 1. The molecule has 4 rings (SSSR count). The molecule has 7 nitrogen and oxygen atoms in total. The SMILES string of the molecule is COc1cc(OC)c([C@@H]2C(C#N)=C(N)Oc3c2c(=O)oc2ccccc32)cc1Br. The van der Waals surface area contributed by atoms with Gasteiger partial charge in [-0.3, -0.25) is 0 Å². The van der Waals surface area contributed by atoms with Crippen molar-refractivity contribution in [3.8, 4) is 23.3 Å². The van der Waals surface area contributed by atoms with E-state index < -0.39 is 11.5 Å². The smallest absolute Gasteiger partial charge is 0.344 e. The van der Waals surface area contributed by atoms with Crippen molar-refractivity contribution < 1.29 is 18.6 Å². The third-order valence-corrected chi connectivity index (χ3v) is 5.41. The fourth-order valence-corrected chi connectivity index (χ4v) is 4.01. The Balaban J connectivity index is 2.10. The van der Waals surface area contributed by atoms with Gasteiger partial charge in [-0.15, -0.1) is 0 Å². The number of fused-ring (bicyclic) bond motifs is 3.